The minimum atomic E-state index is 0.194. The highest BCUT2D eigenvalue weighted by molar-refractivity contribution is 6.35. The van der Waals surface area contributed by atoms with Crippen LogP contribution in [0.5, 0.6) is 0 Å². The van der Waals surface area contributed by atoms with E-state index in [9.17, 15) is 0 Å². The van der Waals surface area contributed by atoms with Crippen molar-refractivity contribution in [3.05, 3.63) is 40.7 Å². The second kappa shape index (κ2) is 5.25. The quantitative estimate of drug-likeness (QED) is 0.525. The molecule has 0 spiro atoms. The fraction of sp³-hybridized carbons (Fsp3) is 0.400. The maximum absolute atomic E-state index is 6.15. The Hall–Kier alpha value is -1.59. The first-order valence-corrected chi connectivity index (χ1v) is 8.05. The maximum Gasteiger partial charge on any atom is 0.225 e. The van der Waals surface area contributed by atoms with Gasteiger partial charge in [-0.15, -0.1) is 0 Å². The molecule has 3 heterocycles. The number of rotatable bonds is 2. The van der Waals surface area contributed by atoms with Gasteiger partial charge in [-0.2, -0.15) is 10.1 Å². The van der Waals surface area contributed by atoms with Gasteiger partial charge in [0.25, 0.3) is 0 Å². The van der Waals surface area contributed by atoms with Gasteiger partial charge in [0, 0.05) is 25.5 Å². The molecule has 3 aromatic heterocycles. The predicted octanol–water partition coefficient (Wildman–Crippen LogP) is 3.98. The minimum Gasteiger partial charge on any atom is -0.329 e. The number of aromatic nitrogens is 5. The van der Waals surface area contributed by atoms with Crippen molar-refractivity contribution >= 4 is 34.2 Å². The summed E-state index contributed by atoms with van der Waals surface area (Å²) in [5, 5.41) is 5.74. The standard InChI is InChI=1S/C15H15Cl2N5/c1-21-8-10(7-18-21)9-2-3-11(6-9)22-5-4-12-13(16)19-15(17)20-14(12)22/h4-5,7-9,11H,2-3,6H2,1H3. The van der Waals surface area contributed by atoms with Crippen LogP contribution >= 0.6 is 23.2 Å². The Morgan fingerprint density at radius 3 is 2.86 bits per heavy atom. The zero-order valence-corrected chi connectivity index (χ0v) is 13.6. The molecular formula is C15H15Cl2N5. The third kappa shape index (κ3) is 2.29. The third-order valence-electron chi connectivity index (χ3n) is 4.49. The largest absolute Gasteiger partial charge is 0.329 e. The van der Waals surface area contributed by atoms with Crippen LogP contribution in [-0.2, 0) is 7.05 Å². The van der Waals surface area contributed by atoms with Gasteiger partial charge in [0.1, 0.15) is 10.8 Å². The molecule has 7 heteroatoms. The molecule has 0 radical (unpaired) electrons. The first kappa shape index (κ1) is 14.0. The maximum atomic E-state index is 6.15. The number of fused-ring (bicyclic) bond motifs is 1. The summed E-state index contributed by atoms with van der Waals surface area (Å²) in [4.78, 5) is 8.36. The van der Waals surface area contributed by atoms with Gasteiger partial charge in [-0.1, -0.05) is 11.6 Å². The van der Waals surface area contributed by atoms with Gasteiger partial charge in [-0.25, -0.2) is 4.98 Å². The van der Waals surface area contributed by atoms with Gasteiger partial charge in [-0.3, -0.25) is 4.68 Å². The van der Waals surface area contributed by atoms with E-state index in [0.717, 1.165) is 30.3 Å². The van der Waals surface area contributed by atoms with Crippen molar-refractivity contribution in [3.63, 3.8) is 0 Å². The number of hydrogen-bond acceptors (Lipinski definition) is 3. The van der Waals surface area contributed by atoms with Crippen LogP contribution in [0.15, 0.2) is 24.7 Å². The molecule has 5 nitrogen and oxygen atoms in total. The fourth-order valence-electron chi connectivity index (χ4n) is 3.43. The fourth-order valence-corrected chi connectivity index (χ4v) is 3.87. The van der Waals surface area contributed by atoms with Crippen molar-refractivity contribution in [2.24, 2.45) is 7.05 Å². The van der Waals surface area contributed by atoms with E-state index in [1.165, 1.54) is 5.56 Å². The van der Waals surface area contributed by atoms with E-state index in [4.69, 9.17) is 23.2 Å². The summed E-state index contributed by atoms with van der Waals surface area (Å²) in [6.07, 6.45) is 9.46. The molecular weight excluding hydrogens is 321 g/mol. The zero-order chi connectivity index (χ0) is 15.3. The summed E-state index contributed by atoms with van der Waals surface area (Å²) in [5.74, 6) is 0.545. The van der Waals surface area contributed by atoms with Crippen LogP contribution in [0, 0.1) is 0 Å². The number of aryl methyl sites for hydroxylation is 1. The Balaban J connectivity index is 1.66. The highest BCUT2D eigenvalue weighted by atomic mass is 35.5. The van der Waals surface area contributed by atoms with Gasteiger partial charge in [-0.05, 0) is 48.4 Å². The number of halogens is 2. The Kier molecular flexibility index (Phi) is 3.35. The number of hydrogen-bond donors (Lipinski definition) is 0. The molecule has 1 aliphatic carbocycles. The molecule has 0 saturated heterocycles. The lowest BCUT2D eigenvalue weighted by molar-refractivity contribution is 0.523. The van der Waals surface area contributed by atoms with Crippen LogP contribution in [0.1, 0.15) is 36.8 Å². The highest BCUT2D eigenvalue weighted by Gasteiger charge is 2.29. The van der Waals surface area contributed by atoms with Crippen molar-refractivity contribution in [3.8, 4) is 0 Å². The van der Waals surface area contributed by atoms with E-state index in [2.05, 4.69) is 25.8 Å². The lowest BCUT2D eigenvalue weighted by Crippen LogP contribution is -2.05. The summed E-state index contributed by atoms with van der Waals surface area (Å²) in [6, 6.07) is 2.37. The molecule has 0 N–H and O–H groups in total. The van der Waals surface area contributed by atoms with Gasteiger partial charge >= 0.3 is 0 Å². The molecule has 1 fully saturated rings. The SMILES string of the molecule is Cn1cc(C2CCC(n3ccc4c(Cl)nc(Cl)nc43)C2)cn1. The van der Waals surface area contributed by atoms with E-state index < -0.39 is 0 Å². The summed E-state index contributed by atoms with van der Waals surface area (Å²) in [7, 11) is 1.95. The monoisotopic (exact) mass is 335 g/mol. The molecule has 2 unspecified atom stereocenters. The first-order chi connectivity index (χ1) is 10.6. The third-order valence-corrected chi connectivity index (χ3v) is 4.95. The van der Waals surface area contributed by atoms with E-state index in [0.29, 0.717) is 17.1 Å². The normalized spacial score (nSPS) is 21.8. The van der Waals surface area contributed by atoms with E-state index in [1.807, 2.05) is 30.2 Å². The summed E-state index contributed by atoms with van der Waals surface area (Å²) in [6.45, 7) is 0. The van der Waals surface area contributed by atoms with Crippen LogP contribution in [0.25, 0.3) is 11.0 Å². The second-order valence-corrected chi connectivity index (χ2v) is 6.55. The summed E-state index contributed by atoms with van der Waals surface area (Å²) >= 11 is 12.1. The van der Waals surface area contributed by atoms with Crippen molar-refractivity contribution in [2.45, 2.75) is 31.2 Å². The van der Waals surface area contributed by atoms with Gasteiger partial charge < -0.3 is 4.57 Å². The molecule has 1 saturated carbocycles. The lowest BCUT2D eigenvalue weighted by atomic mass is 10.0. The van der Waals surface area contributed by atoms with Crippen molar-refractivity contribution in [1.82, 2.24) is 24.3 Å². The summed E-state index contributed by atoms with van der Waals surface area (Å²) < 4.78 is 4.05. The van der Waals surface area contributed by atoms with Gasteiger partial charge in [0.15, 0.2) is 0 Å². The lowest BCUT2D eigenvalue weighted by Gasteiger charge is -2.14. The highest BCUT2D eigenvalue weighted by Crippen LogP contribution is 2.42. The van der Waals surface area contributed by atoms with Crippen molar-refractivity contribution in [2.75, 3.05) is 0 Å². The van der Waals surface area contributed by atoms with Gasteiger partial charge in [0.05, 0.1) is 11.6 Å². The average molecular weight is 336 g/mol. The number of nitrogens with zero attached hydrogens (tertiary/aromatic N) is 5. The molecule has 4 rings (SSSR count). The molecule has 0 aromatic carbocycles. The van der Waals surface area contributed by atoms with Crippen LogP contribution < -0.4 is 0 Å². The molecule has 114 valence electrons. The second-order valence-electron chi connectivity index (χ2n) is 5.85. The minimum absolute atomic E-state index is 0.194. The molecule has 0 aliphatic heterocycles. The molecule has 3 aromatic rings. The Labute approximate surface area is 137 Å². The van der Waals surface area contributed by atoms with Crippen LogP contribution in [-0.4, -0.2) is 24.3 Å². The van der Waals surface area contributed by atoms with Crippen LogP contribution in [0.2, 0.25) is 10.4 Å². The molecule has 2 atom stereocenters. The molecule has 1 aliphatic rings. The smallest absolute Gasteiger partial charge is 0.225 e. The molecule has 22 heavy (non-hydrogen) atoms. The van der Waals surface area contributed by atoms with Crippen molar-refractivity contribution in [1.29, 1.82) is 0 Å². The topological polar surface area (TPSA) is 48.5 Å². The average Bonchev–Trinajstić information content (AvgIpc) is 3.15. The van der Waals surface area contributed by atoms with Crippen LogP contribution in [0.3, 0.4) is 0 Å². The molecule has 0 amide bonds. The first-order valence-electron chi connectivity index (χ1n) is 7.30. The van der Waals surface area contributed by atoms with Crippen molar-refractivity contribution < 1.29 is 0 Å². The Morgan fingerprint density at radius 1 is 1.23 bits per heavy atom. The molecule has 0 bridgehead atoms. The van der Waals surface area contributed by atoms with E-state index in [-0.39, 0.29) is 5.28 Å². The van der Waals surface area contributed by atoms with Gasteiger partial charge in [0.2, 0.25) is 5.28 Å². The zero-order valence-electron chi connectivity index (χ0n) is 12.1. The summed E-state index contributed by atoms with van der Waals surface area (Å²) in [5.41, 5.74) is 2.13. The van der Waals surface area contributed by atoms with Crippen LogP contribution in [0.4, 0.5) is 0 Å². The Morgan fingerprint density at radius 2 is 2.09 bits per heavy atom. The predicted molar refractivity (Wildman–Crippen MR) is 86.4 cm³/mol. The van der Waals surface area contributed by atoms with E-state index >= 15 is 0 Å². The Bertz CT molecular complexity index is 838. The van der Waals surface area contributed by atoms with E-state index in [1.54, 1.807) is 0 Å².